The summed E-state index contributed by atoms with van der Waals surface area (Å²) in [4.78, 5) is 22.3. The van der Waals surface area contributed by atoms with Gasteiger partial charge in [-0.25, -0.2) is 4.98 Å². The van der Waals surface area contributed by atoms with Gasteiger partial charge < -0.3 is 14.9 Å². The highest BCUT2D eigenvalue weighted by Gasteiger charge is 2.27. The van der Waals surface area contributed by atoms with Crippen LogP contribution in [0.2, 0.25) is 0 Å². The van der Waals surface area contributed by atoms with Crippen molar-refractivity contribution in [3.05, 3.63) is 82.2 Å². The van der Waals surface area contributed by atoms with Gasteiger partial charge in [-0.2, -0.15) is 0 Å². The van der Waals surface area contributed by atoms with Crippen molar-refractivity contribution in [3.63, 3.8) is 0 Å². The second-order valence-corrected chi connectivity index (χ2v) is 7.93. The number of rotatable bonds is 4. The molecule has 2 atom stereocenters. The molecule has 1 aliphatic heterocycles. The molecule has 2 unspecified atom stereocenters. The maximum absolute atomic E-state index is 13.4. The van der Waals surface area contributed by atoms with Crippen LogP contribution in [-0.4, -0.2) is 44.1 Å². The third-order valence-corrected chi connectivity index (χ3v) is 5.97. The first-order valence-corrected chi connectivity index (χ1v) is 10.4. The van der Waals surface area contributed by atoms with E-state index in [0.29, 0.717) is 36.0 Å². The number of nitrogens with zero attached hydrogens (tertiary/aromatic N) is 3. The Morgan fingerprint density at radius 1 is 1.10 bits per heavy atom. The van der Waals surface area contributed by atoms with Crippen LogP contribution in [0.4, 0.5) is 0 Å². The molecule has 0 saturated carbocycles. The van der Waals surface area contributed by atoms with Gasteiger partial charge in [-0.15, -0.1) is 0 Å². The molecule has 0 aliphatic carbocycles. The largest absolute Gasteiger partial charge is 0.390 e. The summed E-state index contributed by atoms with van der Waals surface area (Å²) in [7, 11) is 0. The van der Waals surface area contributed by atoms with Crippen LogP contribution in [0.1, 0.15) is 29.3 Å². The van der Waals surface area contributed by atoms with Crippen LogP contribution in [0.25, 0.3) is 21.7 Å². The van der Waals surface area contributed by atoms with E-state index in [9.17, 15) is 15.0 Å². The zero-order chi connectivity index (χ0) is 21.4. The Balaban J connectivity index is 1.67. The topological polar surface area (TPSA) is 97.5 Å². The molecule has 0 radical (unpaired) electrons. The standard InChI is InChI=1S/C24H23N3O4/c28-12-17-6-5-15(11-25-17)9-16-10-20-23(19-4-2-1-3-18(16)19)26-14-27(24(20)30)21-7-8-31-13-22(21)29/h1-6,10-11,14,21-22,28-29H,7-9,12-13H2. The average molecular weight is 417 g/mol. The molecule has 0 spiro atoms. The van der Waals surface area contributed by atoms with Gasteiger partial charge in [0, 0.05) is 18.2 Å². The van der Waals surface area contributed by atoms with E-state index in [1.54, 1.807) is 23.2 Å². The average Bonchev–Trinajstić information content (AvgIpc) is 2.81. The van der Waals surface area contributed by atoms with Gasteiger partial charge in [0.2, 0.25) is 0 Å². The maximum atomic E-state index is 13.4. The number of pyridine rings is 1. The first-order valence-electron chi connectivity index (χ1n) is 10.4. The molecule has 1 saturated heterocycles. The molecule has 1 fully saturated rings. The molecule has 158 valence electrons. The number of aromatic nitrogens is 3. The first-order chi connectivity index (χ1) is 15.2. The van der Waals surface area contributed by atoms with E-state index >= 15 is 0 Å². The maximum Gasteiger partial charge on any atom is 0.261 e. The summed E-state index contributed by atoms with van der Waals surface area (Å²) in [5.74, 6) is 0. The molecule has 2 aromatic heterocycles. The predicted octanol–water partition coefficient (Wildman–Crippen LogP) is 2.35. The van der Waals surface area contributed by atoms with Gasteiger partial charge in [0.1, 0.15) is 0 Å². The number of ether oxygens (including phenoxy) is 1. The summed E-state index contributed by atoms with van der Waals surface area (Å²) in [5.41, 5.74) is 3.12. The third-order valence-electron chi connectivity index (χ3n) is 5.97. The summed E-state index contributed by atoms with van der Waals surface area (Å²) in [6, 6.07) is 13.3. The van der Waals surface area contributed by atoms with Gasteiger partial charge in [-0.05, 0) is 41.5 Å². The molecular weight excluding hydrogens is 394 g/mol. The monoisotopic (exact) mass is 417 g/mol. The number of benzene rings is 2. The zero-order valence-corrected chi connectivity index (χ0v) is 16.9. The van der Waals surface area contributed by atoms with E-state index in [4.69, 9.17) is 4.74 Å². The third kappa shape index (κ3) is 3.61. The number of fused-ring (bicyclic) bond motifs is 3. The lowest BCUT2D eigenvalue weighted by Crippen LogP contribution is -2.39. The van der Waals surface area contributed by atoms with Gasteiger partial charge in [0.25, 0.3) is 5.56 Å². The molecule has 7 nitrogen and oxygen atoms in total. The van der Waals surface area contributed by atoms with Gasteiger partial charge in [-0.1, -0.05) is 30.3 Å². The summed E-state index contributed by atoms with van der Waals surface area (Å²) < 4.78 is 6.86. The van der Waals surface area contributed by atoms with E-state index in [1.165, 1.54) is 0 Å². The van der Waals surface area contributed by atoms with Crippen LogP contribution >= 0.6 is 0 Å². The highest BCUT2D eigenvalue weighted by Crippen LogP contribution is 2.28. The molecular formula is C24H23N3O4. The quantitative estimate of drug-likeness (QED) is 0.495. The van der Waals surface area contributed by atoms with Crippen LogP contribution in [-0.2, 0) is 17.8 Å². The molecule has 7 heteroatoms. The van der Waals surface area contributed by atoms with Crippen LogP contribution in [0.5, 0.6) is 0 Å². The molecule has 31 heavy (non-hydrogen) atoms. The van der Waals surface area contributed by atoms with Crippen molar-refractivity contribution in [2.24, 2.45) is 0 Å². The van der Waals surface area contributed by atoms with E-state index in [2.05, 4.69) is 9.97 Å². The lowest BCUT2D eigenvalue weighted by atomic mass is 9.96. The SMILES string of the molecule is O=c1c2cc(Cc3ccc(CO)nc3)c3ccccc3c2ncn1C1CCOCC1O. The number of aliphatic hydroxyl groups excluding tert-OH is 2. The molecule has 2 aromatic carbocycles. The second kappa shape index (κ2) is 8.19. The summed E-state index contributed by atoms with van der Waals surface area (Å²) in [5, 5.41) is 22.1. The molecule has 4 aromatic rings. The highest BCUT2D eigenvalue weighted by atomic mass is 16.5. The molecule has 1 aliphatic rings. The highest BCUT2D eigenvalue weighted by molar-refractivity contribution is 6.06. The van der Waals surface area contributed by atoms with E-state index in [-0.39, 0.29) is 24.8 Å². The Labute approximate surface area is 178 Å². The van der Waals surface area contributed by atoms with Crippen molar-refractivity contribution in [3.8, 4) is 0 Å². The van der Waals surface area contributed by atoms with Crippen molar-refractivity contribution in [2.45, 2.75) is 31.6 Å². The first kappa shape index (κ1) is 19.8. The lowest BCUT2D eigenvalue weighted by Gasteiger charge is -2.29. The van der Waals surface area contributed by atoms with Gasteiger partial charge in [0.05, 0.1) is 48.3 Å². The predicted molar refractivity (Wildman–Crippen MR) is 117 cm³/mol. The Morgan fingerprint density at radius 2 is 1.94 bits per heavy atom. The Kier molecular flexibility index (Phi) is 5.23. The number of hydrogen-bond donors (Lipinski definition) is 2. The molecule has 3 heterocycles. The zero-order valence-electron chi connectivity index (χ0n) is 16.9. The minimum Gasteiger partial charge on any atom is -0.390 e. The fourth-order valence-corrected chi connectivity index (χ4v) is 4.34. The lowest BCUT2D eigenvalue weighted by molar-refractivity contribution is -0.0395. The van der Waals surface area contributed by atoms with Crippen LogP contribution in [0.15, 0.2) is 59.8 Å². The summed E-state index contributed by atoms with van der Waals surface area (Å²) in [6.07, 6.45) is 3.74. The molecule has 0 bridgehead atoms. The van der Waals surface area contributed by atoms with Crippen LogP contribution in [0.3, 0.4) is 0 Å². The molecule has 2 N–H and O–H groups in total. The van der Waals surface area contributed by atoms with Gasteiger partial charge in [-0.3, -0.25) is 14.3 Å². The fourth-order valence-electron chi connectivity index (χ4n) is 4.34. The van der Waals surface area contributed by atoms with Crippen molar-refractivity contribution < 1.29 is 14.9 Å². The van der Waals surface area contributed by atoms with Crippen LogP contribution in [0, 0.1) is 0 Å². The Bertz CT molecular complexity index is 1300. The minimum atomic E-state index is -0.734. The summed E-state index contributed by atoms with van der Waals surface area (Å²) >= 11 is 0. The van der Waals surface area contributed by atoms with Gasteiger partial charge in [0.15, 0.2) is 0 Å². The van der Waals surface area contributed by atoms with Crippen molar-refractivity contribution in [2.75, 3.05) is 13.2 Å². The Morgan fingerprint density at radius 3 is 2.68 bits per heavy atom. The van der Waals surface area contributed by atoms with Crippen molar-refractivity contribution in [1.82, 2.24) is 14.5 Å². The van der Waals surface area contributed by atoms with E-state index in [0.717, 1.165) is 21.9 Å². The van der Waals surface area contributed by atoms with E-state index < -0.39 is 6.10 Å². The molecule has 5 rings (SSSR count). The van der Waals surface area contributed by atoms with Crippen LogP contribution < -0.4 is 5.56 Å². The Hall–Kier alpha value is -3.13. The number of hydrogen-bond acceptors (Lipinski definition) is 6. The normalized spacial score (nSPS) is 19.2. The van der Waals surface area contributed by atoms with Crippen molar-refractivity contribution >= 4 is 21.7 Å². The van der Waals surface area contributed by atoms with E-state index in [1.807, 2.05) is 36.4 Å². The smallest absolute Gasteiger partial charge is 0.261 e. The fraction of sp³-hybridized carbons (Fsp3) is 0.292. The second-order valence-electron chi connectivity index (χ2n) is 7.93. The van der Waals surface area contributed by atoms with Crippen molar-refractivity contribution in [1.29, 1.82) is 0 Å². The number of aliphatic hydroxyl groups is 2. The summed E-state index contributed by atoms with van der Waals surface area (Å²) in [6.45, 7) is 0.628. The minimum absolute atomic E-state index is 0.0948. The molecule has 0 amide bonds. The van der Waals surface area contributed by atoms with Gasteiger partial charge >= 0.3 is 0 Å².